The van der Waals surface area contributed by atoms with Gasteiger partial charge >= 0.3 is 6.09 Å². The Morgan fingerprint density at radius 2 is 1.64 bits per heavy atom. The molecule has 0 aromatic heterocycles. The van der Waals surface area contributed by atoms with Crippen LogP contribution in [-0.2, 0) is 9.47 Å². The fraction of sp³-hybridized carbons (Fsp3) is 0.875. The van der Waals surface area contributed by atoms with E-state index in [1.54, 1.807) is 4.90 Å². The van der Waals surface area contributed by atoms with Crippen LogP contribution in [0.2, 0.25) is 0 Å². The Labute approximate surface area is 167 Å². The summed E-state index contributed by atoms with van der Waals surface area (Å²) in [6.45, 7) is 13.3. The van der Waals surface area contributed by atoms with Crippen molar-refractivity contribution in [3.63, 3.8) is 0 Å². The van der Waals surface area contributed by atoms with Crippen LogP contribution in [0.15, 0.2) is 4.99 Å². The van der Waals surface area contributed by atoms with Gasteiger partial charge in [-0.25, -0.2) is 4.79 Å². The predicted molar refractivity (Wildman–Crippen MR) is 109 cm³/mol. The molecule has 0 unspecified atom stereocenters. The largest absolute Gasteiger partial charge is 0.444 e. The Kier molecular flexibility index (Phi) is 9.22. The van der Waals surface area contributed by atoms with Gasteiger partial charge in [-0.1, -0.05) is 0 Å². The molecule has 2 aliphatic rings. The standard InChI is InChI=1S/C16H31N5O3.HI/c1-16(2,3)24-15(22)21-8-6-20(7-9-21)14(17)18-4-5-19-10-12-23-13-11-19;/h4-13H2,1-3H3,(H2,17,18);1H. The maximum Gasteiger partial charge on any atom is 0.410 e. The number of carbonyl (C=O) groups excluding carboxylic acids is 1. The lowest BCUT2D eigenvalue weighted by atomic mass is 10.2. The van der Waals surface area contributed by atoms with Crippen LogP contribution in [-0.4, -0.2) is 97.9 Å². The van der Waals surface area contributed by atoms with Crippen molar-refractivity contribution in [2.45, 2.75) is 26.4 Å². The fourth-order valence-electron chi connectivity index (χ4n) is 2.68. The van der Waals surface area contributed by atoms with Gasteiger partial charge in [0.1, 0.15) is 5.60 Å². The first-order valence-corrected chi connectivity index (χ1v) is 8.68. The number of aliphatic imine (C=N–C) groups is 1. The first kappa shape index (κ1) is 22.2. The van der Waals surface area contributed by atoms with Crippen molar-refractivity contribution < 1.29 is 14.3 Å². The summed E-state index contributed by atoms with van der Waals surface area (Å²) in [4.78, 5) is 22.6. The molecule has 0 radical (unpaired) electrons. The average molecular weight is 469 g/mol. The Balaban J connectivity index is 0.00000312. The number of guanidine groups is 1. The van der Waals surface area contributed by atoms with E-state index < -0.39 is 5.60 Å². The summed E-state index contributed by atoms with van der Waals surface area (Å²) in [5.74, 6) is 0.562. The summed E-state index contributed by atoms with van der Waals surface area (Å²) in [5.41, 5.74) is 5.62. The van der Waals surface area contributed by atoms with E-state index in [0.29, 0.717) is 38.7 Å². The number of piperazine rings is 1. The number of rotatable bonds is 3. The van der Waals surface area contributed by atoms with Crippen molar-refractivity contribution in [2.24, 2.45) is 10.7 Å². The summed E-state index contributed by atoms with van der Waals surface area (Å²) in [6, 6.07) is 0. The van der Waals surface area contributed by atoms with Gasteiger partial charge in [0.05, 0.1) is 19.8 Å². The molecule has 146 valence electrons. The lowest BCUT2D eigenvalue weighted by molar-refractivity contribution is 0.0186. The second-order valence-corrected chi connectivity index (χ2v) is 7.15. The number of halogens is 1. The first-order valence-electron chi connectivity index (χ1n) is 8.68. The van der Waals surface area contributed by atoms with Crippen LogP contribution in [0.5, 0.6) is 0 Å². The Bertz CT molecular complexity index is 442. The quantitative estimate of drug-likeness (QED) is 0.374. The third kappa shape index (κ3) is 7.95. The summed E-state index contributed by atoms with van der Waals surface area (Å²) >= 11 is 0. The molecule has 0 aliphatic carbocycles. The van der Waals surface area contributed by atoms with E-state index in [-0.39, 0.29) is 30.1 Å². The Morgan fingerprint density at radius 1 is 1.08 bits per heavy atom. The molecule has 0 saturated carbocycles. The number of amides is 1. The van der Waals surface area contributed by atoms with Crippen molar-refractivity contribution in [1.82, 2.24) is 14.7 Å². The highest BCUT2D eigenvalue weighted by molar-refractivity contribution is 14.0. The Hall–Kier alpha value is -0.810. The van der Waals surface area contributed by atoms with E-state index in [9.17, 15) is 4.79 Å². The number of nitrogens with zero attached hydrogens (tertiary/aromatic N) is 4. The predicted octanol–water partition coefficient (Wildman–Crippen LogP) is 0.804. The highest BCUT2D eigenvalue weighted by Crippen LogP contribution is 2.11. The molecule has 1 amide bonds. The highest BCUT2D eigenvalue weighted by atomic mass is 127. The van der Waals surface area contributed by atoms with Crippen molar-refractivity contribution in [1.29, 1.82) is 0 Å². The van der Waals surface area contributed by atoms with E-state index in [1.807, 2.05) is 25.7 Å². The second-order valence-electron chi connectivity index (χ2n) is 7.15. The van der Waals surface area contributed by atoms with E-state index in [1.165, 1.54) is 0 Å². The zero-order chi connectivity index (χ0) is 17.6. The van der Waals surface area contributed by atoms with E-state index in [2.05, 4.69) is 9.89 Å². The molecule has 2 aliphatic heterocycles. The van der Waals surface area contributed by atoms with Gasteiger partial charge in [-0.15, -0.1) is 24.0 Å². The van der Waals surface area contributed by atoms with Crippen molar-refractivity contribution in [3.8, 4) is 0 Å². The van der Waals surface area contributed by atoms with Gasteiger partial charge in [0.25, 0.3) is 0 Å². The zero-order valence-electron chi connectivity index (χ0n) is 15.6. The molecule has 2 N–H and O–H groups in total. The van der Waals surface area contributed by atoms with Gasteiger partial charge in [-0.3, -0.25) is 9.89 Å². The van der Waals surface area contributed by atoms with Crippen LogP contribution < -0.4 is 5.73 Å². The fourth-order valence-corrected chi connectivity index (χ4v) is 2.68. The van der Waals surface area contributed by atoms with Crippen LogP contribution in [0.3, 0.4) is 0 Å². The topological polar surface area (TPSA) is 83.6 Å². The third-order valence-electron chi connectivity index (χ3n) is 4.05. The number of ether oxygens (including phenoxy) is 2. The van der Waals surface area contributed by atoms with E-state index in [4.69, 9.17) is 15.2 Å². The van der Waals surface area contributed by atoms with Gasteiger partial charge in [0.2, 0.25) is 0 Å². The number of carbonyl (C=O) groups is 1. The minimum Gasteiger partial charge on any atom is -0.444 e. The van der Waals surface area contributed by atoms with Gasteiger partial charge < -0.3 is 25.0 Å². The second kappa shape index (κ2) is 10.4. The van der Waals surface area contributed by atoms with Crippen LogP contribution in [0, 0.1) is 0 Å². The lowest BCUT2D eigenvalue weighted by Crippen LogP contribution is -2.53. The van der Waals surface area contributed by atoms with Crippen LogP contribution >= 0.6 is 24.0 Å². The number of morpholine rings is 1. The SMILES string of the molecule is CC(C)(C)OC(=O)N1CCN(C(N)=NCCN2CCOCC2)CC1.I. The maximum atomic E-state index is 12.0. The molecule has 0 spiro atoms. The molecule has 2 fully saturated rings. The van der Waals surface area contributed by atoms with Crippen molar-refractivity contribution in [2.75, 3.05) is 65.6 Å². The molecule has 2 saturated heterocycles. The third-order valence-corrected chi connectivity index (χ3v) is 4.05. The molecule has 0 aromatic rings. The zero-order valence-corrected chi connectivity index (χ0v) is 17.9. The van der Waals surface area contributed by atoms with Crippen molar-refractivity contribution >= 4 is 36.0 Å². The lowest BCUT2D eigenvalue weighted by Gasteiger charge is -2.36. The average Bonchev–Trinajstić information content (AvgIpc) is 2.54. The highest BCUT2D eigenvalue weighted by Gasteiger charge is 2.26. The van der Waals surface area contributed by atoms with E-state index >= 15 is 0 Å². The Morgan fingerprint density at radius 3 is 2.20 bits per heavy atom. The number of nitrogens with two attached hydrogens (primary N) is 1. The van der Waals surface area contributed by atoms with E-state index in [0.717, 1.165) is 32.8 Å². The van der Waals surface area contributed by atoms with Crippen LogP contribution in [0.25, 0.3) is 0 Å². The molecule has 2 rings (SSSR count). The summed E-state index contributed by atoms with van der Waals surface area (Å²) in [7, 11) is 0. The summed E-state index contributed by atoms with van der Waals surface area (Å²) in [6.07, 6.45) is -0.259. The van der Waals surface area contributed by atoms with Crippen molar-refractivity contribution in [3.05, 3.63) is 0 Å². The normalized spacial score (nSPS) is 20.2. The maximum absolute atomic E-state index is 12.0. The van der Waals surface area contributed by atoms with Crippen LogP contribution in [0.1, 0.15) is 20.8 Å². The number of hydrogen-bond donors (Lipinski definition) is 1. The molecule has 8 nitrogen and oxygen atoms in total. The monoisotopic (exact) mass is 469 g/mol. The molecule has 2 heterocycles. The van der Waals surface area contributed by atoms with Gasteiger partial charge in [-0.2, -0.15) is 0 Å². The van der Waals surface area contributed by atoms with Gasteiger partial charge in [0, 0.05) is 45.8 Å². The molecular weight excluding hydrogens is 437 g/mol. The molecule has 0 bridgehead atoms. The minimum atomic E-state index is -0.464. The summed E-state index contributed by atoms with van der Waals surface area (Å²) in [5, 5.41) is 0. The molecule has 0 aromatic carbocycles. The first-order chi connectivity index (χ1) is 11.3. The van der Waals surface area contributed by atoms with Gasteiger partial charge in [0.15, 0.2) is 5.96 Å². The summed E-state index contributed by atoms with van der Waals surface area (Å²) < 4.78 is 10.7. The minimum absolute atomic E-state index is 0. The molecular formula is C16H32IN5O3. The van der Waals surface area contributed by atoms with Gasteiger partial charge in [-0.05, 0) is 20.8 Å². The molecule has 0 atom stereocenters. The molecule has 9 heteroatoms. The molecule has 25 heavy (non-hydrogen) atoms. The van der Waals surface area contributed by atoms with Crippen LogP contribution in [0.4, 0.5) is 4.79 Å². The number of hydrogen-bond acceptors (Lipinski definition) is 5. The smallest absolute Gasteiger partial charge is 0.410 e.